The maximum Gasteiger partial charge on any atom is 0.410 e. The number of piperazine rings is 1. The zero-order valence-corrected chi connectivity index (χ0v) is 24.5. The van der Waals surface area contributed by atoms with Gasteiger partial charge in [-0.05, 0) is 80.8 Å². The Labute approximate surface area is 235 Å². The second kappa shape index (κ2) is 10.7. The van der Waals surface area contributed by atoms with Gasteiger partial charge in [0.25, 0.3) is 5.56 Å². The van der Waals surface area contributed by atoms with Crippen LogP contribution in [0.25, 0.3) is 11.0 Å². The number of rotatable bonds is 4. The second-order valence-electron chi connectivity index (χ2n) is 11.0. The van der Waals surface area contributed by atoms with Crippen molar-refractivity contribution in [3.63, 3.8) is 0 Å². The fraction of sp³-hybridized carbons (Fsp3) is 0.519. The predicted octanol–water partition coefficient (Wildman–Crippen LogP) is 5.02. The Morgan fingerprint density at radius 3 is 2.42 bits per heavy atom. The van der Waals surface area contributed by atoms with Crippen LogP contribution in [0, 0.1) is 10.5 Å². The summed E-state index contributed by atoms with van der Waals surface area (Å²) >= 11 is 2.14. The molecule has 3 aromatic rings. The molecular weight excluding hydrogens is 597 g/mol. The molecule has 1 amide bonds. The molecule has 0 spiro atoms. The van der Waals surface area contributed by atoms with Crippen LogP contribution >= 0.6 is 22.6 Å². The number of nitrogens with one attached hydrogen (secondary N) is 1. The lowest BCUT2D eigenvalue weighted by molar-refractivity contribution is 0.0240. The highest BCUT2D eigenvalue weighted by atomic mass is 127. The van der Waals surface area contributed by atoms with Gasteiger partial charge in [-0.1, -0.05) is 12.8 Å². The van der Waals surface area contributed by atoms with Crippen molar-refractivity contribution in [1.29, 1.82) is 0 Å². The van der Waals surface area contributed by atoms with Gasteiger partial charge in [-0.2, -0.15) is 4.98 Å². The van der Waals surface area contributed by atoms with Gasteiger partial charge in [-0.3, -0.25) is 9.36 Å². The first-order chi connectivity index (χ1) is 18.1. The number of aromatic nitrogens is 4. The number of ether oxygens (including phenoxy) is 1. The van der Waals surface area contributed by atoms with Gasteiger partial charge in [0, 0.05) is 43.8 Å². The van der Waals surface area contributed by atoms with Crippen molar-refractivity contribution in [2.45, 2.75) is 65.0 Å². The number of carbonyl (C=O) groups excluding carboxylic acids is 1. The summed E-state index contributed by atoms with van der Waals surface area (Å²) in [5.74, 6) is 1.04. The molecule has 5 rings (SSSR count). The van der Waals surface area contributed by atoms with E-state index in [0.717, 1.165) is 45.9 Å². The molecule has 3 aromatic heterocycles. The largest absolute Gasteiger partial charge is 0.444 e. The molecular formula is C27H34IN7O3. The van der Waals surface area contributed by atoms with E-state index in [1.165, 1.54) is 0 Å². The van der Waals surface area contributed by atoms with Gasteiger partial charge < -0.3 is 19.9 Å². The molecule has 1 saturated carbocycles. The molecule has 2 fully saturated rings. The van der Waals surface area contributed by atoms with Gasteiger partial charge in [0.1, 0.15) is 17.1 Å². The number of pyridine rings is 2. The molecule has 0 aromatic carbocycles. The fourth-order valence-corrected chi connectivity index (χ4v) is 5.65. The minimum absolute atomic E-state index is 0.0291. The average molecular weight is 632 g/mol. The van der Waals surface area contributed by atoms with Crippen molar-refractivity contribution < 1.29 is 9.53 Å². The number of hydrogen-bond donors (Lipinski definition) is 1. The molecule has 10 nitrogen and oxygen atoms in total. The van der Waals surface area contributed by atoms with Crippen LogP contribution in [0.3, 0.4) is 0 Å². The molecule has 1 N–H and O–H groups in total. The van der Waals surface area contributed by atoms with Crippen molar-refractivity contribution in [2.75, 3.05) is 36.4 Å². The summed E-state index contributed by atoms with van der Waals surface area (Å²) in [6.07, 6.45) is 7.59. The summed E-state index contributed by atoms with van der Waals surface area (Å²) in [5, 5.41) is 4.11. The Morgan fingerprint density at radius 1 is 1.08 bits per heavy atom. The van der Waals surface area contributed by atoms with Gasteiger partial charge in [0.05, 0.1) is 15.5 Å². The lowest BCUT2D eigenvalue weighted by Gasteiger charge is -2.36. The van der Waals surface area contributed by atoms with Crippen LogP contribution < -0.4 is 15.8 Å². The van der Waals surface area contributed by atoms with Crippen LogP contribution in [0.1, 0.15) is 58.1 Å². The highest BCUT2D eigenvalue weighted by molar-refractivity contribution is 14.1. The van der Waals surface area contributed by atoms with Crippen molar-refractivity contribution in [2.24, 2.45) is 0 Å². The van der Waals surface area contributed by atoms with E-state index in [4.69, 9.17) is 9.72 Å². The number of nitrogens with zero attached hydrogens (tertiary/aromatic N) is 6. The van der Waals surface area contributed by atoms with Crippen molar-refractivity contribution in [1.82, 2.24) is 24.4 Å². The van der Waals surface area contributed by atoms with Gasteiger partial charge in [-0.15, -0.1) is 0 Å². The van der Waals surface area contributed by atoms with Gasteiger partial charge in [0.2, 0.25) is 5.95 Å². The lowest BCUT2D eigenvalue weighted by atomic mass is 10.1. The molecule has 1 aliphatic heterocycles. The van der Waals surface area contributed by atoms with E-state index in [2.05, 4.69) is 42.8 Å². The monoisotopic (exact) mass is 631 g/mol. The normalized spacial score (nSPS) is 16.8. The maximum atomic E-state index is 13.2. The van der Waals surface area contributed by atoms with E-state index in [1.807, 2.05) is 50.6 Å². The Kier molecular flexibility index (Phi) is 7.47. The minimum Gasteiger partial charge on any atom is -0.444 e. The third kappa shape index (κ3) is 5.57. The van der Waals surface area contributed by atoms with Crippen LogP contribution in [0.4, 0.5) is 22.2 Å². The van der Waals surface area contributed by atoms with Gasteiger partial charge >= 0.3 is 6.09 Å². The molecule has 1 saturated heterocycles. The SMILES string of the molecule is Cc1c(I)c(=O)n(C2CCCC2)c2nc(Nc3ccc(N4CCN(C(=O)OC(C)(C)C)CC4)cn3)ncc12. The lowest BCUT2D eigenvalue weighted by Crippen LogP contribution is -2.50. The first kappa shape index (κ1) is 26.6. The zero-order chi connectivity index (χ0) is 27.0. The summed E-state index contributed by atoms with van der Waals surface area (Å²) in [6, 6.07) is 4.07. The molecule has 11 heteroatoms. The van der Waals surface area contributed by atoms with Gasteiger partial charge in [-0.25, -0.2) is 14.8 Å². The second-order valence-corrected chi connectivity index (χ2v) is 12.0. The van der Waals surface area contributed by atoms with E-state index in [-0.39, 0.29) is 17.7 Å². The average Bonchev–Trinajstić information content (AvgIpc) is 3.41. The Balaban J connectivity index is 1.30. The summed E-state index contributed by atoms with van der Waals surface area (Å²) < 4.78 is 8.09. The number of hydrogen-bond acceptors (Lipinski definition) is 8. The number of carbonyl (C=O) groups is 1. The Bertz CT molecular complexity index is 1390. The first-order valence-electron chi connectivity index (χ1n) is 13.1. The molecule has 4 heterocycles. The molecule has 0 radical (unpaired) electrons. The minimum atomic E-state index is -0.499. The van der Waals surface area contributed by atoms with Gasteiger partial charge in [0.15, 0.2) is 0 Å². The van der Waals surface area contributed by atoms with E-state index in [0.29, 0.717) is 43.6 Å². The molecule has 38 heavy (non-hydrogen) atoms. The predicted molar refractivity (Wildman–Crippen MR) is 156 cm³/mol. The van der Waals surface area contributed by atoms with Crippen molar-refractivity contribution in [3.8, 4) is 0 Å². The third-order valence-electron chi connectivity index (χ3n) is 7.11. The Hall–Kier alpha value is -2.96. The highest BCUT2D eigenvalue weighted by Gasteiger charge is 2.26. The van der Waals surface area contributed by atoms with Crippen LogP contribution in [-0.4, -0.2) is 62.3 Å². The summed E-state index contributed by atoms with van der Waals surface area (Å²) in [4.78, 5) is 43.4. The van der Waals surface area contributed by atoms with Crippen LogP contribution in [0.2, 0.25) is 0 Å². The maximum absolute atomic E-state index is 13.2. The summed E-state index contributed by atoms with van der Waals surface area (Å²) in [5.41, 5.74) is 2.11. The standard InChI is InChI=1S/C27H34IN7O3/c1-17-20-16-30-25(32-23(20)35(24(36)22(17)28)18-7-5-6-8-18)31-21-10-9-19(15-29-21)33-11-13-34(14-12-33)26(37)38-27(2,3)4/h9-10,15-16,18H,5-8,11-14H2,1-4H3,(H,29,30,31,32). The van der Waals surface area contributed by atoms with Crippen LogP contribution in [-0.2, 0) is 4.74 Å². The number of aryl methyl sites for hydroxylation is 1. The molecule has 0 bridgehead atoms. The number of fused-ring (bicyclic) bond motifs is 1. The Morgan fingerprint density at radius 2 is 1.79 bits per heavy atom. The number of anilines is 3. The first-order valence-corrected chi connectivity index (χ1v) is 14.2. The zero-order valence-electron chi connectivity index (χ0n) is 22.3. The molecule has 1 aliphatic carbocycles. The molecule has 2 aliphatic rings. The third-order valence-corrected chi connectivity index (χ3v) is 8.38. The molecule has 0 atom stereocenters. The summed E-state index contributed by atoms with van der Waals surface area (Å²) in [7, 11) is 0. The summed E-state index contributed by atoms with van der Waals surface area (Å²) in [6.45, 7) is 10.2. The van der Waals surface area contributed by atoms with Crippen LogP contribution in [0.15, 0.2) is 29.3 Å². The smallest absolute Gasteiger partial charge is 0.410 e. The van der Waals surface area contributed by atoms with Crippen molar-refractivity contribution in [3.05, 3.63) is 44.0 Å². The molecule has 202 valence electrons. The van der Waals surface area contributed by atoms with Crippen molar-refractivity contribution >= 4 is 57.2 Å². The molecule has 0 unspecified atom stereocenters. The van der Waals surface area contributed by atoms with E-state index < -0.39 is 5.60 Å². The van der Waals surface area contributed by atoms with E-state index >= 15 is 0 Å². The number of amides is 1. The van der Waals surface area contributed by atoms with Crippen LogP contribution in [0.5, 0.6) is 0 Å². The van der Waals surface area contributed by atoms with E-state index in [1.54, 1.807) is 11.1 Å². The topological polar surface area (TPSA) is 105 Å². The fourth-order valence-electron chi connectivity index (χ4n) is 5.10. The number of halogens is 1. The quantitative estimate of drug-likeness (QED) is 0.401. The van der Waals surface area contributed by atoms with E-state index in [9.17, 15) is 9.59 Å². The highest BCUT2D eigenvalue weighted by Crippen LogP contribution is 2.32.